The quantitative estimate of drug-likeness (QED) is 0.164. The molecule has 0 unspecified atom stereocenters. The van der Waals surface area contributed by atoms with Crippen molar-refractivity contribution in [2.24, 2.45) is 0 Å². The predicted octanol–water partition coefficient (Wildman–Crippen LogP) is 15.5. The predicted molar refractivity (Wildman–Crippen MR) is 323 cm³/mol. The van der Waals surface area contributed by atoms with Crippen LogP contribution in [0.4, 0.5) is 51.4 Å². The molecule has 8 aromatic rings. The number of rotatable bonds is 4. The molecular weight excluding hydrogens is 912 g/mol. The minimum atomic E-state index is -2.34. The van der Waals surface area contributed by atoms with E-state index in [1.165, 1.54) is 100 Å². The van der Waals surface area contributed by atoms with Crippen molar-refractivity contribution in [3.63, 3.8) is 0 Å². The highest BCUT2D eigenvalue weighted by Gasteiger charge is 2.51. The second kappa shape index (κ2) is 16.1. The van der Waals surface area contributed by atoms with E-state index in [9.17, 15) is 0 Å². The first-order valence-electron chi connectivity index (χ1n) is 27.4. The molecule has 4 aliphatic rings. The van der Waals surface area contributed by atoms with Gasteiger partial charge in [0, 0.05) is 45.9 Å². The molecule has 0 radical (unpaired) electrons. The minimum Gasteiger partial charge on any atom is -0.311 e. The Hall–Kier alpha value is -6.37. The van der Waals surface area contributed by atoms with Crippen LogP contribution in [0.15, 0.2) is 140 Å². The van der Waals surface area contributed by atoms with Crippen LogP contribution in [0.5, 0.6) is 0 Å². The van der Waals surface area contributed by atoms with Crippen molar-refractivity contribution in [3.05, 3.63) is 173 Å². The standard InChI is InChI=1S/C68H75BN4Si/c1-42-21-31-55-53(35-42)69-54-37-47(66(8,9)10)39-59-62(54)73(56-32-25-46(65(5,6)7)38-58(56)74(59,15)16)57-41-60(70-63(61(57)69)72(55)48-27-23-45(24-28-48)64(2,3)4)71(49-26-22-43-19-17-18-20-44(43)36-49)50-29-30-51-52(40-50)68(13,14)34-33-67(51,11)12/h17-32,35-41H,33-34H2,1-16H3. The summed E-state index contributed by atoms with van der Waals surface area (Å²) in [4.78, 5) is 13.9. The Labute approximate surface area is 444 Å². The van der Waals surface area contributed by atoms with Gasteiger partial charge in [0.1, 0.15) is 19.7 Å². The van der Waals surface area contributed by atoms with E-state index in [1.807, 2.05) is 0 Å². The second-order valence-corrected chi connectivity index (χ2v) is 31.7. The molecule has 74 heavy (non-hydrogen) atoms. The van der Waals surface area contributed by atoms with Crippen LogP contribution in [0.1, 0.15) is 136 Å². The molecule has 7 aromatic carbocycles. The SMILES string of the molecule is Cc1ccc2c(c1)B1c3cc(C(C)(C)C)cc4c3N(c3ccc(C(C)(C)C)cc3[Si]4(C)C)c3cc(N(c4ccc5c(c4)C(C)(C)CCC5(C)C)c4ccc5ccccc5c4)nc(c31)N2c1ccc(C(C)(C)C)cc1. The van der Waals surface area contributed by atoms with Crippen LogP contribution in [-0.4, -0.2) is 19.8 Å². The number of fused-ring (bicyclic) bond motifs is 8. The van der Waals surface area contributed by atoms with Gasteiger partial charge in [-0.3, -0.25) is 9.80 Å². The van der Waals surface area contributed by atoms with Gasteiger partial charge in [-0.25, -0.2) is 4.98 Å². The van der Waals surface area contributed by atoms with Gasteiger partial charge in [0.25, 0.3) is 6.71 Å². The van der Waals surface area contributed by atoms with Crippen molar-refractivity contribution in [2.75, 3.05) is 14.7 Å². The monoisotopic (exact) mass is 987 g/mol. The fraction of sp³-hybridized carbons (Fsp3) is 0.338. The fourth-order valence-electron chi connectivity index (χ4n) is 13.0. The zero-order valence-electron chi connectivity index (χ0n) is 47.1. The molecule has 0 saturated heterocycles. The van der Waals surface area contributed by atoms with E-state index in [0.29, 0.717) is 0 Å². The van der Waals surface area contributed by atoms with Gasteiger partial charge in [-0.2, -0.15) is 0 Å². The molecule has 0 bridgehead atoms. The van der Waals surface area contributed by atoms with Crippen molar-refractivity contribution < 1.29 is 0 Å². The lowest BCUT2D eigenvalue weighted by Gasteiger charge is -2.50. The van der Waals surface area contributed by atoms with Gasteiger partial charge < -0.3 is 4.90 Å². The fourth-order valence-corrected chi connectivity index (χ4v) is 16.0. The summed E-state index contributed by atoms with van der Waals surface area (Å²) in [5.41, 5.74) is 20.7. The summed E-state index contributed by atoms with van der Waals surface area (Å²) in [5.74, 6) is 1.88. The van der Waals surface area contributed by atoms with E-state index in [4.69, 9.17) is 4.98 Å². The van der Waals surface area contributed by atoms with Gasteiger partial charge in [-0.05, 0) is 161 Å². The molecule has 6 heteroatoms. The minimum absolute atomic E-state index is 0.00216. The maximum Gasteiger partial charge on any atom is 0.254 e. The Bertz CT molecular complexity index is 3640. The number of aromatic nitrogens is 1. The molecule has 374 valence electrons. The maximum absolute atomic E-state index is 6.18. The Morgan fingerprint density at radius 1 is 0.527 bits per heavy atom. The van der Waals surface area contributed by atoms with E-state index in [1.54, 1.807) is 0 Å². The van der Waals surface area contributed by atoms with Crippen LogP contribution in [0.25, 0.3) is 10.8 Å². The summed E-state index contributed by atoms with van der Waals surface area (Å²) >= 11 is 0. The number of anilines is 9. The number of hydrogen-bond donors (Lipinski definition) is 0. The Kier molecular flexibility index (Phi) is 10.5. The van der Waals surface area contributed by atoms with Crippen molar-refractivity contribution in [1.29, 1.82) is 0 Å². The summed E-state index contributed by atoms with van der Waals surface area (Å²) in [7, 11) is -2.34. The Morgan fingerprint density at radius 3 is 1.82 bits per heavy atom. The van der Waals surface area contributed by atoms with Crippen LogP contribution < -0.4 is 41.5 Å². The molecule has 4 nitrogen and oxygen atoms in total. The van der Waals surface area contributed by atoms with E-state index in [0.717, 1.165) is 35.1 Å². The number of hydrogen-bond acceptors (Lipinski definition) is 4. The molecule has 4 heterocycles. The lowest BCUT2D eigenvalue weighted by molar-refractivity contribution is 0.332. The van der Waals surface area contributed by atoms with Crippen molar-refractivity contribution in [1.82, 2.24) is 4.98 Å². The average Bonchev–Trinajstić information content (AvgIpc) is 3.41. The van der Waals surface area contributed by atoms with Crippen LogP contribution in [0.3, 0.4) is 0 Å². The topological polar surface area (TPSA) is 22.6 Å². The van der Waals surface area contributed by atoms with Crippen LogP contribution in [-0.2, 0) is 27.1 Å². The molecule has 1 aliphatic carbocycles. The van der Waals surface area contributed by atoms with Gasteiger partial charge in [-0.15, -0.1) is 0 Å². The van der Waals surface area contributed by atoms with Crippen molar-refractivity contribution >= 4 is 104 Å². The van der Waals surface area contributed by atoms with Gasteiger partial charge in [0.15, 0.2) is 0 Å². The molecular formula is C68H75BN4Si. The molecule has 0 spiro atoms. The summed E-state index contributed by atoms with van der Waals surface area (Å²) in [6.45, 7) is 38.4. The van der Waals surface area contributed by atoms with E-state index in [-0.39, 0.29) is 33.8 Å². The zero-order valence-corrected chi connectivity index (χ0v) is 48.1. The normalized spacial score (nSPS) is 16.8. The maximum atomic E-state index is 6.18. The van der Waals surface area contributed by atoms with Crippen LogP contribution >= 0.6 is 0 Å². The van der Waals surface area contributed by atoms with Crippen molar-refractivity contribution in [3.8, 4) is 0 Å². The Morgan fingerprint density at radius 2 is 1.14 bits per heavy atom. The van der Waals surface area contributed by atoms with Gasteiger partial charge >= 0.3 is 0 Å². The van der Waals surface area contributed by atoms with E-state index >= 15 is 0 Å². The summed E-state index contributed by atoms with van der Waals surface area (Å²) in [6, 6.07) is 54.8. The zero-order chi connectivity index (χ0) is 52.4. The van der Waals surface area contributed by atoms with Gasteiger partial charge in [-0.1, -0.05) is 194 Å². The number of benzene rings is 7. The molecule has 12 rings (SSSR count). The molecule has 0 fully saturated rings. The molecule has 0 atom stereocenters. The van der Waals surface area contributed by atoms with Gasteiger partial charge in [0.05, 0.1) is 0 Å². The first-order chi connectivity index (χ1) is 34.7. The average molecular weight is 987 g/mol. The molecule has 0 N–H and O–H groups in total. The third-order valence-corrected chi connectivity index (χ3v) is 21.3. The lowest BCUT2D eigenvalue weighted by atomic mass is 9.33. The molecule has 1 aromatic heterocycles. The highest BCUT2D eigenvalue weighted by molar-refractivity contribution is 7.05. The largest absolute Gasteiger partial charge is 0.311 e. The van der Waals surface area contributed by atoms with Gasteiger partial charge in [0.2, 0.25) is 0 Å². The van der Waals surface area contributed by atoms with Crippen molar-refractivity contribution in [2.45, 2.75) is 150 Å². The lowest BCUT2D eigenvalue weighted by Crippen LogP contribution is -2.68. The summed E-state index contributed by atoms with van der Waals surface area (Å²) in [5, 5.41) is 5.44. The van der Waals surface area contributed by atoms with Crippen LogP contribution in [0.2, 0.25) is 13.1 Å². The highest BCUT2D eigenvalue weighted by Crippen LogP contribution is 2.51. The summed E-state index contributed by atoms with van der Waals surface area (Å²) in [6.07, 6.45) is 2.31. The van der Waals surface area contributed by atoms with E-state index in [2.05, 4.69) is 264 Å². The second-order valence-electron chi connectivity index (χ2n) is 27.4. The number of aryl methyl sites for hydroxylation is 1. The van der Waals surface area contributed by atoms with E-state index < -0.39 is 8.07 Å². The molecule has 0 amide bonds. The third kappa shape index (κ3) is 7.47. The molecule has 3 aliphatic heterocycles. The highest BCUT2D eigenvalue weighted by atomic mass is 28.3. The number of pyridine rings is 1. The molecule has 0 saturated carbocycles. The first-order valence-corrected chi connectivity index (χ1v) is 30.4. The smallest absolute Gasteiger partial charge is 0.254 e. The third-order valence-electron chi connectivity index (χ3n) is 17.8. The summed E-state index contributed by atoms with van der Waals surface area (Å²) < 4.78 is 0. The van der Waals surface area contributed by atoms with Crippen LogP contribution in [0, 0.1) is 6.92 Å². The number of nitrogens with zero attached hydrogens (tertiary/aromatic N) is 4. The Balaban J connectivity index is 1.23. The first kappa shape index (κ1) is 48.6.